The number of sulfonamides is 1. The minimum Gasteiger partial charge on any atom is -0.495 e. The Morgan fingerprint density at radius 1 is 1.17 bits per heavy atom. The summed E-state index contributed by atoms with van der Waals surface area (Å²) in [6.45, 7) is 1.81. The third kappa shape index (κ3) is 3.20. The minimum atomic E-state index is -3.80. The number of aryl methyl sites for hydroxylation is 1. The number of rotatable bonds is 5. The Hall–Kier alpha value is -2.94. The Morgan fingerprint density at radius 2 is 2.00 bits per heavy atom. The van der Waals surface area contributed by atoms with Crippen LogP contribution in [-0.4, -0.2) is 36.2 Å². The maximum Gasteiger partial charge on any atom is 0.265 e. The predicted octanol–water partition coefficient (Wildman–Crippen LogP) is 1.98. The zero-order chi connectivity index (χ0) is 17.2. The molecule has 0 amide bonds. The monoisotopic (exact) mass is 345 g/mol. The van der Waals surface area contributed by atoms with E-state index in [2.05, 4.69) is 25.3 Å². The van der Waals surface area contributed by atoms with Crippen LogP contribution in [0.5, 0.6) is 5.75 Å². The molecule has 0 atom stereocenters. The van der Waals surface area contributed by atoms with E-state index in [-0.39, 0.29) is 10.6 Å². The molecular formula is C15H15N5O3S. The van der Waals surface area contributed by atoms with E-state index in [1.54, 1.807) is 42.5 Å². The Morgan fingerprint density at radius 3 is 2.71 bits per heavy atom. The highest BCUT2D eigenvalue weighted by Crippen LogP contribution is 2.27. The zero-order valence-electron chi connectivity index (χ0n) is 13.0. The van der Waals surface area contributed by atoms with Crippen LogP contribution in [0.25, 0.3) is 11.4 Å². The molecular weight excluding hydrogens is 330 g/mol. The molecule has 0 aliphatic carbocycles. The van der Waals surface area contributed by atoms with Crippen molar-refractivity contribution in [3.05, 3.63) is 48.0 Å². The molecule has 3 aromatic rings. The van der Waals surface area contributed by atoms with Crippen LogP contribution in [0, 0.1) is 6.92 Å². The average molecular weight is 345 g/mol. The fourth-order valence-electron chi connectivity index (χ4n) is 2.21. The standard InChI is InChI=1S/C15H15N5O3S/c1-10-6-7-13(23-2)14(8-10)24(21,22)18-12-5-3-4-11(9-12)15-16-19-20-17-15/h3-9,18H,1-2H3,(H,16,17,19,20). The first-order valence-electron chi connectivity index (χ1n) is 7.01. The number of benzene rings is 2. The molecule has 9 heteroatoms. The molecule has 1 aromatic heterocycles. The second-order valence-electron chi connectivity index (χ2n) is 5.08. The number of methoxy groups -OCH3 is 1. The summed E-state index contributed by atoms with van der Waals surface area (Å²) in [7, 11) is -2.37. The molecule has 124 valence electrons. The summed E-state index contributed by atoms with van der Waals surface area (Å²) in [5.74, 6) is 0.659. The van der Waals surface area contributed by atoms with Gasteiger partial charge in [-0.05, 0) is 42.0 Å². The van der Waals surface area contributed by atoms with Crippen LogP contribution in [0.1, 0.15) is 5.56 Å². The predicted molar refractivity (Wildman–Crippen MR) is 88.2 cm³/mol. The third-order valence-corrected chi connectivity index (χ3v) is 4.73. The van der Waals surface area contributed by atoms with Gasteiger partial charge in [0.15, 0.2) is 0 Å². The Labute approximate surface area is 138 Å². The highest BCUT2D eigenvalue weighted by atomic mass is 32.2. The lowest BCUT2D eigenvalue weighted by atomic mass is 10.2. The summed E-state index contributed by atoms with van der Waals surface area (Å²) in [4.78, 5) is 0.0787. The molecule has 0 radical (unpaired) electrons. The molecule has 8 nitrogen and oxygen atoms in total. The summed E-state index contributed by atoms with van der Waals surface area (Å²) in [6, 6.07) is 11.7. The molecule has 3 rings (SSSR count). The van der Waals surface area contributed by atoms with E-state index in [9.17, 15) is 8.42 Å². The van der Waals surface area contributed by atoms with Crippen molar-refractivity contribution in [2.24, 2.45) is 0 Å². The first kappa shape index (κ1) is 15.9. The maximum absolute atomic E-state index is 12.7. The average Bonchev–Trinajstić information content (AvgIpc) is 3.09. The van der Waals surface area contributed by atoms with E-state index < -0.39 is 10.0 Å². The van der Waals surface area contributed by atoms with E-state index in [1.165, 1.54) is 7.11 Å². The first-order valence-corrected chi connectivity index (χ1v) is 8.49. The number of tetrazole rings is 1. The number of aromatic nitrogens is 4. The van der Waals surface area contributed by atoms with Crippen molar-refractivity contribution < 1.29 is 13.2 Å². The molecule has 1 heterocycles. The maximum atomic E-state index is 12.7. The molecule has 0 aliphatic heterocycles. The van der Waals surface area contributed by atoms with Crippen LogP contribution in [0.4, 0.5) is 5.69 Å². The molecule has 0 unspecified atom stereocenters. The van der Waals surface area contributed by atoms with E-state index in [0.29, 0.717) is 17.1 Å². The van der Waals surface area contributed by atoms with Gasteiger partial charge in [-0.3, -0.25) is 4.72 Å². The second-order valence-corrected chi connectivity index (χ2v) is 6.73. The van der Waals surface area contributed by atoms with Gasteiger partial charge in [0, 0.05) is 11.3 Å². The van der Waals surface area contributed by atoms with Gasteiger partial charge < -0.3 is 4.74 Å². The van der Waals surface area contributed by atoms with Gasteiger partial charge in [0.2, 0.25) is 5.82 Å². The first-order chi connectivity index (χ1) is 11.5. The number of anilines is 1. The smallest absolute Gasteiger partial charge is 0.265 e. The van der Waals surface area contributed by atoms with Crippen LogP contribution in [-0.2, 0) is 10.0 Å². The van der Waals surface area contributed by atoms with Crippen LogP contribution in [0.3, 0.4) is 0 Å². The van der Waals surface area contributed by atoms with Crippen molar-refractivity contribution in [3.8, 4) is 17.1 Å². The number of nitrogens with one attached hydrogen (secondary N) is 2. The molecule has 0 saturated heterocycles. The number of aromatic amines is 1. The number of nitrogens with zero attached hydrogens (tertiary/aromatic N) is 3. The summed E-state index contributed by atoms with van der Waals surface area (Å²) in [6.07, 6.45) is 0. The van der Waals surface area contributed by atoms with Gasteiger partial charge in [-0.15, -0.1) is 10.2 Å². The molecule has 0 saturated carbocycles. The van der Waals surface area contributed by atoms with Crippen molar-refractivity contribution in [2.45, 2.75) is 11.8 Å². The lowest BCUT2D eigenvalue weighted by Crippen LogP contribution is -2.14. The number of H-pyrrole nitrogens is 1. The lowest BCUT2D eigenvalue weighted by molar-refractivity contribution is 0.402. The molecule has 0 fully saturated rings. The Bertz CT molecular complexity index is 955. The summed E-state index contributed by atoms with van der Waals surface area (Å²) < 4.78 is 33.1. The third-order valence-electron chi connectivity index (χ3n) is 3.33. The fourth-order valence-corrected chi connectivity index (χ4v) is 3.51. The van der Waals surface area contributed by atoms with Crippen LogP contribution in [0.15, 0.2) is 47.4 Å². The van der Waals surface area contributed by atoms with Gasteiger partial charge in [-0.2, -0.15) is 5.21 Å². The van der Waals surface area contributed by atoms with E-state index >= 15 is 0 Å². The zero-order valence-corrected chi connectivity index (χ0v) is 13.8. The fraction of sp³-hybridized carbons (Fsp3) is 0.133. The van der Waals surface area contributed by atoms with E-state index in [0.717, 1.165) is 5.56 Å². The summed E-state index contributed by atoms with van der Waals surface area (Å²) in [5, 5.41) is 13.6. The topological polar surface area (TPSA) is 110 Å². The molecule has 0 bridgehead atoms. The van der Waals surface area contributed by atoms with E-state index in [1.807, 2.05) is 6.92 Å². The van der Waals surface area contributed by atoms with Gasteiger partial charge >= 0.3 is 0 Å². The Kier molecular flexibility index (Phi) is 4.17. The van der Waals surface area contributed by atoms with Crippen molar-refractivity contribution in [2.75, 3.05) is 11.8 Å². The highest BCUT2D eigenvalue weighted by Gasteiger charge is 2.20. The van der Waals surface area contributed by atoms with Gasteiger partial charge in [0.1, 0.15) is 10.6 Å². The number of hydrogen-bond donors (Lipinski definition) is 2. The summed E-state index contributed by atoms with van der Waals surface area (Å²) in [5.41, 5.74) is 1.85. The highest BCUT2D eigenvalue weighted by molar-refractivity contribution is 7.92. The van der Waals surface area contributed by atoms with Crippen molar-refractivity contribution in [1.82, 2.24) is 20.6 Å². The van der Waals surface area contributed by atoms with Gasteiger partial charge in [0.25, 0.3) is 10.0 Å². The Balaban J connectivity index is 1.96. The lowest BCUT2D eigenvalue weighted by Gasteiger charge is -2.12. The SMILES string of the molecule is COc1ccc(C)cc1S(=O)(=O)Nc1cccc(-c2nn[nH]n2)c1. The van der Waals surface area contributed by atoms with Crippen LogP contribution >= 0.6 is 0 Å². The van der Waals surface area contributed by atoms with Crippen molar-refractivity contribution in [1.29, 1.82) is 0 Å². The van der Waals surface area contributed by atoms with Crippen molar-refractivity contribution >= 4 is 15.7 Å². The van der Waals surface area contributed by atoms with E-state index in [4.69, 9.17) is 4.74 Å². The number of ether oxygens (including phenoxy) is 1. The quantitative estimate of drug-likeness (QED) is 0.732. The minimum absolute atomic E-state index is 0.0787. The molecule has 2 N–H and O–H groups in total. The molecule has 0 spiro atoms. The molecule has 24 heavy (non-hydrogen) atoms. The molecule has 2 aromatic carbocycles. The molecule has 0 aliphatic rings. The summed E-state index contributed by atoms with van der Waals surface area (Å²) >= 11 is 0. The van der Waals surface area contributed by atoms with Gasteiger partial charge in [0.05, 0.1) is 7.11 Å². The van der Waals surface area contributed by atoms with Crippen LogP contribution in [0.2, 0.25) is 0 Å². The van der Waals surface area contributed by atoms with Crippen molar-refractivity contribution in [3.63, 3.8) is 0 Å². The number of hydrogen-bond acceptors (Lipinski definition) is 6. The largest absolute Gasteiger partial charge is 0.495 e. The normalized spacial score (nSPS) is 11.2. The van der Waals surface area contributed by atoms with Crippen LogP contribution < -0.4 is 9.46 Å². The second kappa shape index (κ2) is 6.28. The van der Waals surface area contributed by atoms with Gasteiger partial charge in [-0.25, -0.2) is 8.42 Å². The van der Waals surface area contributed by atoms with Gasteiger partial charge in [-0.1, -0.05) is 18.2 Å².